The Kier molecular flexibility index (Phi) is 9.00. The second-order valence-corrected chi connectivity index (χ2v) is 11.4. The molecule has 0 spiro atoms. The molecule has 0 atom stereocenters. The lowest BCUT2D eigenvalue weighted by Crippen LogP contribution is -2.54. The van der Waals surface area contributed by atoms with Crippen LogP contribution in [0.5, 0.6) is 0 Å². The van der Waals surface area contributed by atoms with Crippen LogP contribution in [0, 0.1) is 11.3 Å². The van der Waals surface area contributed by atoms with Crippen molar-refractivity contribution in [2.75, 3.05) is 44.2 Å². The molecule has 3 aromatic rings. The molecular weight excluding hydrogens is 592 g/mol. The first-order valence-electron chi connectivity index (χ1n) is 13.4. The van der Waals surface area contributed by atoms with Gasteiger partial charge in [0.2, 0.25) is 0 Å². The van der Waals surface area contributed by atoms with Gasteiger partial charge in [-0.2, -0.15) is 5.26 Å². The molecule has 0 aliphatic carbocycles. The van der Waals surface area contributed by atoms with Crippen molar-refractivity contribution in [3.05, 3.63) is 92.5 Å². The third-order valence-corrected chi connectivity index (χ3v) is 8.40. The number of nitriles is 1. The maximum Gasteiger partial charge on any atom is 0.253 e. The molecule has 208 valence electrons. The standard InChI is InChI=1S/C30H30BrClN6O2.H2/c31-25-7-3-22(4-8-25)19-35-29(39)24-17-27(32)28(34-20-24)37-15-13-36(14-16-37)26-9-11-38(12-10-26)30(40)23-5-1-21(18-33)2-6-23;/h1-8,17,20,26H,9-16,19H2,(H,35,39);1H. The van der Waals surface area contributed by atoms with E-state index in [2.05, 4.69) is 42.1 Å². The Balaban J connectivity index is 0.00000387. The van der Waals surface area contributed by atoms with Crippen LogP contribution in [0.1, 0.15) is 46.1 Å². The number of likely N-dealkylation sites (tertiary alicyclic amines) is 1. The van der Waals surface area contributed by atoms with Gasteiger partial charge in [-0.25, -0.2) is 4.98 Å². The summed E-state index contributed by atoms with van der Waals surface area (Å²) in [4.78, 5) is 36.6. The third kappa shape index (κ3) is 6.64. The van der Waals surface area contributed by atoms with E-state index >= 15 is 0 Å². The Labute approximate surface area is 249 Å². The van der Waals surface area contributed by atoms with Gasteiger partial charge in [0.1, 0.15) is 5.82 Å². The summed E-state index contributed by atoms with van der Waals surface area (Å²) in [5.41, 5.74) is 2.63. The molecule has 0 bridgehead atoms. The molecule has 2 aliphatic rings. The number of aromatic nitrogens is 1. The van der Waals surface area contributed by atoms with E-state index in [1.54, 1.807) is 36.5 Å². The average molecular weight is 624 g/mol. The van der Waals surface area contributed by atoms with E-state index in [9.17, 15) is 9.59 Å². The number of rotatable bonds is 6. The van der Waals surface area contributed by atoms with E-state index in [0.717, 1.165) is 62.1 Å². The van der Waals surface area contributed by atoms with Gasteiger partial charge in [-0.3, -0.25) is 14.5 Å². The van der Waals surface area contributed by atoms with Crippen LogP contribution in [0.3, 0.4) is 0 Å². The topological polar surface area (TPSA) is 92.6 Å². The lowest BCUT2D eigenvalue weighted by atomic mass is 10.0. The van der Waals surface area contributed by atoms with Gasteiger partial charge in [-0.15, -0.1) is 0 Å². The quantitative estimate of drug-likeness (QED) is 0.417. The number of hydrogen-bond donors (Lipinski definition) is 1. The highest BCUT2D eigenvalue weighted by molar-refractivity contribution is 9.10. The van der Waals surface area contributed by atoms with Crippen LogP contribution >= 0.6 is 27.5 Å². The molecule has 2 amide bonds. The van der Waals surface area contributed by atoms with Gasteiger partial charge in [0.05, 0.1) is 22.2 Å². The van der Waals surface area contributed by atoms with Crippen molar-refractivity contribution >= 4 is 45.2 Å². The number of pyridine rings is 1. The summed E-state index contributed by atoms with van der Waals surface area (Å²) in [6.07, 6.45) is 3.46. The van der Waals surface area contributed by atoms with Crippen molar-refractivity contribution < 1.29 is 11.0 Å². The van der Waals surface area contributed by atoms with E-state index in [1.807, 2.05) is 29.2 Å². The van der Waals surface area contributed by atoms with Crippen molar-refractivity contribution in [2.45, 2.75) is 25.4 Å². The zero-order valence-corrected chi connectivity index (χ0v) is 24.4. The molecule has 0 radical (unpaired) electrons. The molecule has 5 rings (SSSR count). The normalized spacial score (nSPS) is 16.4. The van der Waals surface area contributed by atoms with Gasteiger partial charge in [0.25, 0.3) is 11.8 Å². The van der Waals surface area contributed by atoms with Crippen LogP contribution in [0.15, 0.2) is 65.3 Å². The molecule has 8 nitrogen and oxygen atoms in total. The molecule has 2 saturated heterocycles. The highest BCUT2D eigenvalue weighted by Gasteiger charge is 2.30. The molecule has 10 heteroatoms. The maximum absolute atomic E-state index is 12.9. The van der Waals surface area contributed by atoms with Crippen molar-refractivity contribution in [1.82, 2.24) is 20.1 Å². The summed E-state index contributed by atoms with van der Waals surface area (Å²) >= 11 is 10.00. The number of amides is 2. The molecule has 1 aromatic heterocycles. The summed E-state index contributed by atoms with van der Waals surface area (Å²) in [7, 11) is 0. The summed E-state index contributed by atoms with van der Waals surface area (Å²) in [6.45, 7) is 5.25. The second kappa shape index (κ2) is 12.8. The van der Waals surface area contributed by atoms with E-state index in [-0.39, 0.29) is 13.2 Å². The first-order valence-corrected chi connectivity index (χ1v) is 14.5. The lowest BCUT2D eigenvalue weighted by molar-refractivity contribution is 0.0610. The smallest absolute Gasteiger partial charge is 0.253 e. The predicted molar refractivity (Wildman–Crippen MR) is 161 cm³/mol. The molecule has 2 aliphatic heterocycles. The number of piperidine rings is 1. The minimum absolute atomic E-state index is 0. The molecule has 2 aromatic carbocycles. The van der Waals surface area contributed by atoms with E-state index in [0.29, 0.717) is 40.1 Å². The van der Waals surface area contributed by atoms with Crippen LogP contribution in [-0.2, 0) is 6.54 Å². The Hall–Kier alpha value is -3.45. The highest BCUT2D eigenvalue weighted by atomic mass is 79.9. The Morgan fingerprint density at radius 3 is 2.30 bits per heavy atom. The van der Waals surface area contributed by atoms with Crippen molar-refractivity contribution in [3.63, 3.8) is 0 Å². The van der Waals surface area contributed by atoms with Crippen molar-refractivity contribution in [3.8, 4) is 6.07 Å². The third-order valence-electron chi connectivity index (χ3n) is 7.59. The monoisotopic (exact) mass is 622 g/mol. The number of hydrogen-bond acceptors (Lipinski definition) is 6. The van der Waals surface area contributed by atoms with E-state index in [1.165, 1.54) is 0 Å². The van der Waals surface area contributed by atoms with Gasteiger partial charge in [-0.1, -0.05) is 39.7 Å². The fourth-order valence-electron chi connectivity index (χ4n) is 5.28. The molecule has 3 heterocycles. The van der Waals surface area contributed by atoms with Crippen LogP contribution in [0.25, 0.3) is 0 Å². The largest absolute Gasteiger partial charge is 0.353 e. The number of piperazine rings is 1. The summed E-state index contributed by atoms with van der Waals surface area (Å²) in [5, 5.41) is 12.4. The van der Waals surface area contributed by atoms with Gasteiger partial charge in [0.15, 0.2) is 0 Å². The minimum Gasteiger partial charge on any atom is -0.353 e. The maximum atomic E-state index is 12.9. The van der Waals surface area contributed by atoms with Gasteiger partial charge in [-0.05, 0) is 60.9 Å². The second-order valence-electron chi connectivity index (χ2n) is 10.1. The van der Waals surface area contributed by atoms with Crippen molar-refractivity contribution in [2.24, 2.45) is 0 Å². The van der Waals surface area contributed by atoms with Crippen LogP contribution in [0.2, 0.25) is 5.02 Å². The van der Waals surface area contributed by atoms with Gasteiger partial charge in [0, 0.05) is 69.5 Å². The van der Waals surface area contributed by atoms with E-state index in [4.69, 9.17) is 16.9 Å². The predicted octanol–water partition coefficient (Wildman–Crippen LogP) is 4.97. The fraction of sp³-hybridized carbons (Fsp3) is 0.333. The fourth-order valence-corrected chi connectivity index (χ4v) is 5.83. The number of anilines is 1. The zero-order valence-electron chi connectivity index (χ0n) is 22.0. The average Bonchev–Trinajstić information content (AvgIpc) is 3.00. The Morgan fingerprint density at radius 2 is 1.68 bits per heavy atom. The number of nitrogens with zero attached hydrogens (tertiary/aromatic N) is 5. The molecule has 1 N–H and O–H groups in total. The molecule has 40 heavy (non-hydrogen) atoms. The molecule has 0 saturated carbocycles. The van der Waals surface area contributed by atoms with Gasteiger partial charge < -0.3 is 15.1 Å². The molecule has 2 fully saturated rings. The molecule has 0 unspecified atom stereocenters. The van der Waals surface area contributed by atoms with Crippen molar-refractivity contribution in [1.29, 1.82) is 5.26 Å². The Bertz CT molecular complexity index is 1400. The number of halogens is 2. The first kappa shape index (κ1) is 28.1. The SMILES string of the molecule is N#Cc1ccc(C(=O)N2CCC(N3CCN(c4ncc(C(=O)NCc5ccc(Br)cc5)cc4Cl)CC3)CC2)cc1.[HH]. The minimum atomic E-state index is -0.210. The zero-order chi connectivity index (χ0) is 28.1. The number of benzene rings is 2. The molecular formula is C30H32BrClN6O2. The first-order chi connectivity index (χ1) is 19.4. The van der Waals surface area contributed by atoms with Crippen LogP contribution in [0.4, 0.5) is 5.82 Å². The van der Waals surface area contributed by atoms with E-state index < -0.39 is 0 Å². The van der Waals surface area contributed by atoms with Crippen LogP contribution in [-0.4, -0.2) is 71.9 Å². The summed E-state index contributed by atoms with van der Waals surface area (Å²) < 4.78 is 0.993. The summed E-state index contributed by atoms with van der Waals surface area (Å²) in [6, 6.07) is 18.8. The number of carbonyl (C=O) groups is 2. The van der Waals surface area contributed by atoms with Gasteiger partial charge >= 0.3 is 0 Å². The highest BCUT2D eigenvalue weighted by Crippen LogP contribution is 2.27. The number of carbonyl (C=O) groups excluding carboxylic acids is 2. The summed E-state index contributed by atoms with van der Waals surface area (Å²) in [5.74, 6) is 0.519. The number of nitrogens with one attached hydrogen (secondary N) is 1. The lowest BCUT2D eigenvalue weighted by Gasteiger charge is -2.43. The Morgan fingerprint density at radius 1 is 1.00 bits per heavy atom. The van der Waals surface area contributed by atoms with Crippen LogP contribution < -0.4 is 10.2 Å².